The number of carbonyl (C=O) groups is 1. The van der Waals surface area contributed by atoms with Gasteiger partial charge >= 0.3 is 5.97 Å². The van der Waals surface area contributed by atoms with E-state index in [1.807, 2.05) is 37.3 Å². The SMILES string of the molecule is C=C(C)C(=O)OC/C(C)=C/c1ccc(Cl)cc1. The third-order valence-corrected chi connectivity index (χ3v) is 2.31. The Morgan fingerprint density at radius 2 is 1.94 bits per heavy atom. The lowest BCUT2D eigenvalue weighted by Gasteiger charge is -2.04. The van der Waals surface area contributed by atoms with E-state index in [0.29, 0.717) is 10.6 Å². The molecule has 17 heavy (non-hydrogen) atoms. The van der Waals surface area contributed by atoms with E-state index in [1.165, 1.54) is 0 Å². The summed E-state index contributed by atoms with van der Waals surface area (Å²) < 4.78 is 5.03. The van der Waals surface area contributed by atoms with E-state index in [4.69, 9.17) is 16.3 Å². The van der Waals surface area contributed by atoms with Crippen LogP contribution in [0.1, 0.15) is 19.4 Å². The van der Waals surface area contributed by atoms with Crippen molar-refractivity contribution in [2.24, 2.45) is 0 Å². The van der Waals surface area contributed by atoms with Gasteiger partial charge in [0.2, 0.25) is 0 Å². The van der Waals surface area contributed by atoms with E-state index in [9.17, 15) is 4.79 Å². The maximum Gasteiger partial charge on any atom is 0.333 e. The van der Waals surface area contributed by atoms with Gasteiger partial charge in [0.05, 0.1) is 0 Å². The van der Waals surface area contributed by atoms with Gasteiger partial charge in [-0.3, -0.25) is 0 Å². The zero-order chi connectivity index (χ0) is 12.8. The quantitative estimate of drug-likeness (QED) is 0.599. The molecular formula is C14H15ClO2. The van der Waals surface area contributed by atoms with Crippen LogP contribution in [0.5, 0.6) is 0 Å². The molecule has 0 fully saturated rings. The van der Waals surface area contributed by atoms with Gasteiger partial charge in [-0.25, -0.2) is 4.79 Å². The van der Waals surface area contributed by atoms with Crippen LogP contribution >= 0.6 is 11.6 Å². The zero-order valence-corrected chi connectivity index (χ0v) is 10.8. The average Bonchev–Trinajstić information content (AvgIpc) is 2.29. The second-order valence-electron chi connectivity index (χ2n) is 3.90. The molecule has 0 amide bonds. The first-order valence-electron chi connectivity index (χ1n) is 5.24. The highest BCUT2D eigenvalue weighted by molar-refractivity contribution is 6.30. The molecule has 0 saturated carbocycles. The number of halogens is 1. The number of hydrogen-bond donors (Lipinski definition) is 0. The van der Waals surface area contributed by atoms with Crippen LogP contribution in [0.15, 0.2) is 42.0 Å². The highest BCUT2D eigenvalue weighted by Crippen LogP contribution is 2.12. The Balaban J connectivity index is 2.58. The molecule has 0 heterocycles. The van der Waals surface area contributed by atoms with Gasteiger partial charge in [-0.05, 0) is 37.1 Å². The second-order valence-corrected chi connectivity index (χ2v) is 4.34. The Kier molecular flexibility index (Phi) is 4.98. The van der Waals surface area contributed by atoms with Crippen LogP contribution in [-0.4, -0.2) is 12.6 Å². The van der Waals surface area contributed by atoms with Crippen LogP contribution in [-0.2, 0) is 9.53 Å². The van der Waals surface area contributed by atoms with Gasteiger partial charge in [0.25, 0.3) is 0 Å². The van der Waals surface area contributed by atoms with Crippen LogP contribution in [0, 0.1) is 0 Å². The minimum absolute atomic E-state index is 0.272. The normalized spacial score (nSPS) is 11.1. The average molecular weight is 251 g/mol. The Bertz CT molecular complexity index is 444. The van der Waals surface area contributed by atoms with Crippen LogP contribution in [0.25, 0.3) is 6.08 Å². The first-order chi connectivity index (χ1) is 7.99. The maximum absolute atomic E-state index is 11.2. The molecular weight excluding hydrogens is 236 g/mol. The lowest BCUT2D eigenvalue weighted by atomic mass is 10.1. The standard InChI is InChI=1S/C14H15ClO2/c1-10(2)14(16)17-9-11(3)8-12-4-6-13(15)7-5-12/h4-8H,1,9H2,2-3H3/b11-8+. The van der Waals surface area contributed by atoms with E-state index in [0.717, 1.165) is 11.1 Å². The summed E-state index contributed by atoms with van der Waals surface area (Å²) in [5.41, 5.74) is 2.39. The lowest BCUT2D eigenvalue weighted by molar-refractivity contribution is -0.137. The van der Waals surface area contributed by atoms with E-state index in [2.05, 4.69) is 6.58 Å². The van der Waals surface area contributed by atoms with Crippen molar-refractivity contribution in [1.29, 1.82) is 0 Å². The van der Waals surface area contributed by atoms with Gasteiger partial charge in [-0.1, -0.05) is 36.4 Å². The summed E-state index contributed by atoms with van der Waals surface area (Å²) in [6, 6.07) is 7.46. The second kappa shape index (κ2) is 6.26. The van der Waals surface area contributed by atoms with Crippen molar-refractivity contribution in [3.05, 3.63) is 52.6 Å². The monoisotopic (exact) mass is 250 g/mol. The van der Waals surface area contributed by atoms with Crippen molar-refractivity contribution in [3.8, 4) is 0 Å². The summed E-state index contributed by atoms with van der Waals surface area (Å²) in [5.74, 6) is -0.367. The summed E-state index contributed by atoms with van der Waals surface area (Å²) in [6.07, 6.45) is 1.95. The molecule has 2 nitrogen and oxygen atoms in total. The molecule has 1 aromatic carbocycles. The van der Waals surface area contributed by atoms with Crippen molar-refractivity contribution >= 4 is 23.6 Å². The molecule has 0 spiro atoms. The third-order valence-electron chi connectivity index (χ3n) is 2.06. The fraction of sp³-hybridized carbons (Fsp3) is 0.214. The summed E-state index contributed by atoms with van der Waals surface area (Å²) in [7, 11) is 0. The number of benzene rings is 1. The van der Waals surface area contributed by atoms with Gasteiger partial charge in [0.15, 0.2) is 0 Å². The largest absolute Gasteiger partial charge is 0.458 e. The molecule has 3 heteroatoms. The predicted molar refractivity (Wildman–Crippen MR) is 70.9 cm³/mol. The minimum atomic E-state index is -0.367. The minimum Gasteiger partial charge on any atom is -0.458 e. The van der Waals surface area contributed by atoms with E-state index >= 15 is 0 Å². The topological polar surface area (TPSA) is 26.3 Å². The highest BCUT2D eigenvalue weighted by atomic mass is 35.5. The van der Waals surface area contributed by atoms with E-state index in [1.54, 1.807) is 6.92 Å². The van der Waals surface area contributed by atoms with Crippen LogP contribution in [0.4, 0.5) is 0 Å². The Morgan fingerprint density at radius 3 is 2.47 bits per heavy atom. The van der Waals surface area contributed by atoms with Crippen molar-refractivity contribution in [1.82, 2.24) is 0 Å². The van der Waals surface area contributed by atoms with E-state index < -0.39 is 0 Å². The zero-order valence-electron chi connectivity index (χ0n) is 10.00. The highest BCUT2D eigenvalue weighted by Gasteiger charge is 2.02. The first kappa shape index (κ1) is 13.5. The van der Waals surface area contributed by atoms with Gasteiger partial charge in [0.1, 0.15) is 6.61 Å². The Morgan fingerprint density at radius 1 is 1.35 bits per heavy atom. The smallest absolute Gasteiger partial charge is 0.333 e. The number of rotatable bonds is 4. The number of esters is 1. The molecule has 0 aliphatic carbocycles. The summed E-state index contributed by atoms with van der Waals surface area (Å²) in [5, 5.41) is 0.702. The number of ether oxygens (including phenoxy) is 1. The molecule has 0 N–H and O–H groups in total. The molecule has 1 aromatic rings. The van der Waals surface area contributed by atoms with Gasteiger partial charge < -0.3 is 4.74 Å². The maximum atomic E-state index is 11.2. The van der Waals surface area contributed by atoms with Crippen molar-refractivity contribution < 1.29 is 9.53 Å². The predicted octanol–water partition coefficient (Wildman–Crippen LogP) is 3.86. The third kappa shape index (κ3) is 4.87. The molecule has 0 aliphatic heterocycles. The molecule has 0 radical (unpaired) electrons. The Labute approximate surface area is 107 Å². The van der Waals surface area contributed by atoms with Gasteiger partial charge in [0, 0.05) is 10.6 Å². The van der Waals surface area contributed by atoms with Crippen molar-refractivity contribution in [3.63, 3.8) is 0 Å². The molecule has 1 rings (SSSR count). The van der Waals surface area contributed by atoms with Crippen molar-refractivity contribution in [2.45, 2.75) is 13.8 Å². The molecule has 0 atom stereocenters. The molecule has 0 aliphatic rings. The molecule has 0 aromatic heterocycles. The van der Waals surface area contributed by atoms with Gasteiger partial charge in [-0.15, -0.1) is 0 Å². The van der Waals surface area contributed by atoms with Gasteiger partial charge in [-0.2, -0.15) is 0 Å². The van der Waals surface area contributed by atoms with Crippen molar-refractivity contribution in [2.75, 3.05) is 6.61 Å². The van der Waals surface area contributed by atoms with Crippen LogP contribution in [0.2, 0.25) is 5.02 Å². The fourth-order valence-corrected chi connectivity index (χ4v) is 1.31. The molecule has 90 valence electrons. The molecule has 0 saturated heterocycles. The first-order valence-corrected chi connectivity index (χ1v) is 5.62. The molecule has 0 bridgehead atoms. The molecule has 0 unspecified atom stereocenters. The number of carbonyl (C=O) groups excluding carboxylic acids is 1. The fourth-order valence-electron chi connectivity index (χ4n) is 1.19. The summed E-state index contributed by atoms with van der Waals surface area (Å²) >= 11 is 5.79. The summed E-state index contributed by atoms with van der Waals surface area (Å²) in [6.45, 7) is 7.32. The number of hydrogen-bond acceptors (Lipinski definition) is 2. The van der Waals surface area contributed by atoms with Crippen LogP contribution in [0.3, 0.4) is 0 Å². The van der Waals surface area contributed by atoms with Crippen LogP contribution < -0.4 is 0 Å². The summed E-state index contributed by atoms with van der Waals surface area (Å²) in [4.78, 5) is 11.2. The van der Waals surface area contributed by atoms with E-state index in [-0.39, 0.29) is 12.6 Å². The Hall–Kier alpha value is -1.54. The lowest BCUT2D eigenvalue weighted by Crippen LogP contribution is -2.06.